The number of aromatic nitrogens is 3. The molecule has 2 saturated heterocycles. The summed E-state index contributed by atoms with van der Waals surface area (Å²) in [5, 5.41) is 17.3. The van der Waals surface area contributed by atoms with Crippen LogP contribution in [0.25, 0.3) is 0 Å². The van der Waals surface area contributed by atoms with E-state index in [1.807, 2.05) is 20.8 Å². The van der Waals surface area contributed by atoms with Gasteiger partial charge in [0.05, 0.1) is 5.56 Å². The van der Waals surface area contributed by atoms with E-state index in [1.165, 1.54) is 29.4 Å². The number of nitrogens with zero attached hydrogens (tertiary/aromatic N) is 7. The van der Waals surface area contributed by atoms with Crippen LogP contribution in [0.1, 0.15) is 64.2 Å². The molecule has 2 amide bonds. The topological polar surface area (TPSA) is 115 Å². The van der Waals surface area contributed by atoms with Crippen molar-refractivity contribution in [3.8, 4) is 11.6 Å². The van der Waals surface area contributed by atoms with Gasteiger partial charge >= 0.3 is 6.09 Å². The van der Waals surface area contributed by atoms with E-state index >= 15 is 0 Å². The Balaban J connectivity index is 1.45. The van der Waals surface area contributed by atoms with Crippen molar-refractivity contribution < 1.29 is 23.8 Å². The SMILES string of the molecule is CCN(C(=O)c1cc(F)ccc1Oc1nncnc1N1CCC2(C1)CN(C(CCCN(C)C(=O)O)C(C)C)C2)C(C)C. The quantitative estimate of drug-likeness (QED) is 0.382. The monoisotopic (exact) mass is 585 g/mol. The number of halogens is 1. The van der Waals surface area contributed by atoms with Gasteiger partial charge in [-0.05, 0) is 64.2 Å². The van der Waals surface area contributed by atoms with Gasteiger partial charge in [0.2, 0.25) is 0 Å². The molecule has 12 heteroatoms. The van der Waals surface area contributed by atoms with Gasteiger partial charge in [-0.25, -0.2) is 14.2 Å². The first-order valence-corrected chi connectivity index (χ1v) is 14.8. The molecule has 11 nitrogen and oxygen atoms in total. The molecule has 42 heavy (non-hydrogen) atoms. The molecule has 0 aliphatic carbocycles. The fourth-order valence-corrected chi connectivity index (χ4v) is 6.30. The smallest absolute Gasteiger partial charge is 0.407 e. The van der Waals surface area contributed by atoms with Gasteiger partial charge in [0, 0.05) is 63.8 Å². The molecule has 2 aliphatic rings. The molecule has 2 aliphatic heterocycles. The zero-order chi connectivity index (χ0) is 30.6. The van der Waals surface area contributed by atoms with Gasteiger partial charge in [0.25, 0.3) is 11.8 Å². The van der Waals surface area contributed by atoms with Crippen LogP contribution in [0.3, 0.4) is 0 Å². The molecule has 1 aromatic carbocycles. The Morgan fingerprint density at radius 2 is 1.93 bits per heavy atom. The third kappa shape index (κ3) is 6.91. The van der Waals surface area contributed by atoms with E-state index in [-0.39, 0.29) is 34.6 Å². The molecule has 1 unspecified atom stereocenters. The van der Waals surface area contributed by atoms with Crippen molar-refractivity contribution in [2.24, 2.45) is 11.3 Å². The predicted molar refractivity (Wildman–Crippen MR) is 157 cm³/mol. The van der Waals surface area contributed by atoms with E-state index in [9.17, 15) is 14.0 Å². The molecule has 2 aromatic rings. The first-order chi connectivity index (χ1) is 19.9. The van der Waals surface area contributed by atoms with Gasteiger partial charge in [0.1, 0.15) is 17.9 Å². The summed E-state index contributed by atoms with van der Waals surface area (Å²) in [4.78, 5) is 36.6. The molecule has 0 radical (unpaired) electrons. The Morgan fingerprint density at radius 3 is 2.57 bits per heavy atom. The van der Waals surface area contributed by atoms with Gasteiger partial charge in [-0.3, -0.25) is 9.69 Å². The van der Waals surface area contributed by atoms with E-state index in [1.54, 1.807) is 11.9 Å². The van der Waals surface area contributed by atoms with E-state index < -0.39 is 11.9 Å². The lowest BCUT2D eigenvalue weighted by molar-refractivity contribution is -0.0343. The van der Waals surface area contributed by atoms with E-state index in [2.05, 4.69) is 38.8 Å². The number of anilines is 1. The number of hydrogen-bond donors (Lipinski definition) is 1. The Morgan fingerprint density at radius 1 is 1.19 bits per heavy atom. The zero-order valence-electron chi connectivity index (χ0n) is 25.6. The second-order valence-corrected chi connectivity index (χ2v) is 12.3. The van der Waals surface area contributed by atoms with Gasteiger partial charge in [0.15, 0.2) is 5.82 Å². The maximum atomic E-state index is 14.2. The summed E-state index contributed by atoms with van der Waals surface area (Å²) in [6.07, 6.45) is 3.27. The van der Waals surface area contributed by atoms with Crippen molar-refractivity contribution in [3.63, 3.8) is 0 Å². The average molecular weight is 586 g/mol. The molecule has 1 N–H and O–H groups in total. The standard InChI is InChI=1S/C30H44FN7O4/c1-7-38(21(4)5)28(39)23-15-22(31)10-11-25(23)42-27-26(32-19-33-34-27)36-14-12-30(16-36)17-37(18-30)24(20(2)3)9-8-13-35(6)29(40)41/h10-11,15,19-21,24H,7-9,12-14,16-18H2,1-6H3,(H,40,41). The van der Waals surface area contributed by atoms with Crippen LogP contribution in [-0.2, 0) is 0 Å². The summed E-state index contributed by atoms with van der Waals surface area (Å²) >= 11 is 0. The summed E-state index contributed by atoms with van der Waals surface area (Å²) in [5.41, 5.74) is 0.257. The maximum absolute atomic E-state index is 14.2. The van der Waals surface area contributed by atoms with Crippen LogP contribution in [0, 0.1) is 17.2 Å². The van der Waals surface area contributed by atoms with Crippen LogP contribution >= 0.6 is 0 Å². The molecule has 1 atom stereocenters. The molecule has 1 spiro atoms. The minimum atomic E-state index is -0.895. The molecular weight excluding hydrogens is 541 g/mol. The first kappa shape index (κ1) is 31.4. The van der Waals surface area contributed by atoms with Crippen LogP contribution in [-0.4, -0.2) is 105 Å². The number of carbonyl (C=O) groups is 2. The fraction of sp³-hybridized carbons (Fsp3) is 0.633. The lowest BCUT2D eigenvalue weighted by atomic mass is 9.76. The van der Waals surface area contributed by atoms with Crippen molar-refractivity contribution in [1.29, 1.82) is 0 Å². The zero-order valence-corrected chi connectivity index (χ0v) is 25.6. The highest BCUT2D eigenvalue weighted by Crippen LogP contribution is 2.44. The molecule has 230 valence electrons. The van der Waals surface area contributed by atoms with Gasteiger partial charge in [-0.1, -0.05) is 13.8 Å². The third-order valence-corrected chi connectivity index (χ3v) is 8.55. The molecule has 2 fully saturated rings. The summed E-state index contributed by atoms with van der Waals surface area (Å²) in [7, 11) is 1.61. The van der Waals surface area contributed by atoms with Crippen LogP contribution in [0.2, 0.25) is 0 Å². The molecule has 0 bridgehead atoms. The molecule has 1 aromatic heterocycles. The molecule has 4 rings (SSSR count). The lowest BCUT2D eigenvalue weighted by Crippen LogP contribution is -2.62. The highest BCUT2D eigenvalue weighted by atomic mass is 19.1. The Hall–Kier alpha value is -3.54. The van der Waals surface area contributed by atoms with Crippen molar-refractivity contribution in [3.05, 3.63) is 35.9 Å². The number of amides is 2. The Bertz CT molecular complexity index is 1250. The van der Waals surface area contributed by atoms with E-state index in [4.69, 9.17) is 9.84 Å². The second kappa shape index (κ2) is 13.2. The van der Waals surface area contributed by atoms with Crippen LogP contribution in [0.15, 0.2) is 24.5 Å². The van der Waals surface area contributed by atoms with Crippen LogP contribution < -0.4 is 9.64 Å². The minimum Gasteiger partial charge on any atom is -0.465 e. The van der Waals surface area contributed by atoms with Gasteiger partial charge in [-0.15, -0.1) is 10.2 Å². The predicted octanol–water partition coefficient (Wildman–Crippen LogP) is 4.60. The summed E-state index contributed by atoms with van der Waals surface area (Å²) in [6, 6.07) is 4.25. The summed E-state index contributed by atoms with van der Waals surface area (Å²) in [5.74, 6) is 0.573. The van der Waals surface area contributed by atoms with E-state index in [0.717, 1.165) is 45.4 Å². The van der Waals surface area contributed by atoms with Crippen molar-refractivity contribution in [2.75, 3.05) is 51.2 Å². The number of hydrogen-bond acceptors (Lipinski definition) is 8. The molecular formula is C30H44FN7O4. The fourth-order valence-electron chi connectivity index (χ4n) is 6.30. The molecule has 3 heterocycles. The van der Waals surface area contributed by atoms with E-state index in [0.29, 0.717) is 30.9 Å². The Kier molecular flexibility index (Phi) is 9.85. The third-order valence-electron chi connectivity index (χ3n) is 8.55. The van der Waals surface area contributed by atoms with Crippen LogP contribution in [0.5, 0.6) is 11.6 Å². The number of ether oxygens (including phenoxy) is 1. The number of carboxylic acid groups (broad SMARTS) is 1. The largest absolute Gasteiger partial charge is 0.465 e. The molecule has 0 saturated carbocycles. The number of carbonyl (C=O) groups excluding carboxylic acids is 1. The van der Waals surface area contributed by atoms with Crippen LogP contribution in [0.4, 0.5) is 15.0 Å². The number of rotatable bonds is 12. The number of likely N-dealkylation sites (tertiary alicyclic amines) is 1. The van der Waals surface area contributed by atoms with Gasteiger partial charge in [-0.2, -0.15) is 0 Å². The average Bonchev–Trinajstić information content (AvgIpc) is 3.37. The minimum absolute atomic E-state index is 0.0587. The summed E-state index contributed by atoms with van der Waals surface area (Å²) in [6.45, 7) is 14.7. The highest BCUT2D eigenvalue weighted by molar-refractivity contribution is 5.97. The first-order valence-electron chi connectivity index (χ1n) is 14.8. The van der Waals surface area contributed by atoms with Crippen molar-refractivity contribution in [1.82, 2.24) is 29.9 Å². The lowest BCUT2D eigenvalue weighted by Gasteiger charge is -2.53. The van der Waals surface area contributed by atoms with Gasteiger partial charge < -0.3 is 24.5 Å². The second-order valence-electron chi connectivity index (χ2n) is 12.3. The number of benzene rings is 1. The van der Waals surface area contributed by atoms with Crippen molar-refractivity contribution in [2.45, 2.75) is 66.0 Å². The highest BCUT2D eigenvalue weighted by Gasteiger charge is 2.50. The normalized spacial score (nSPS) is 17.0. The summed E-state index contributed by atoms with van der Waals surface area (Å²) < 4.78 is 20.4. The van der Waals surface area contributed by atoms with Crippen molar-refractivity contribution >= 4 is 17.8 Å². The maximum Gasteiger partial charge on any atom is 0.407 e. The Labute approximate surface area is 247 Å².